The number of hydrogen-bond acceptors (Lipinski definition) is 4. The van der Waals surface area contributed by atoms with Gasteiger partial charge in [0.2, 0.25) is 0 Å². The number of hydrogen-bond donors (Lipinski definition) is 4. The average molecular weight is 290 g/mol. The zero-order chi connectivity index (χ0) is 15.6. The van der Waals surface area contributed by atoms with Gasteiger partial charge in [-0.2, -0.15) is 0 Å². The normalized spacial score (nSPS) is 13.3. The Morgan fingerprint density at radius 1 is 1.05 bits per heavy atom. The van der Waals surface area contributed by atoms with E-state index in [4.69, 9.17) is 10.2 Å². The van der Waals surface area contributed by atoms with Crippen molar-refractivity contribution in [2.24, 2.45) is 0 Å². The molecule has 0 atom stereocenters. The second kappa shape index (κ2) is 5.76. The van der Waals surface area contributed by atoms with Crippen molar-refractivity contribution in [3.8, 4) is 0 Å². The third-order valence-corrected chi connectivity index (χ3v) is 3.23. The summed E-state index contributed by atoms with van der Waals surface area (Å²) < 4.78 is 0. The molecule has 0 saturated carbocycles. The lowest BCUT2D eigenvalue weighted by molar-refractivity contribution is -0.112. The Labute approximate surface area is 120 Å². The van der Waals surface area contributed by atoms with Crippen LogP contribution < -0.4 is 10.6 Å². The summed E-state index contributed by atoms with van der Waals surface area (Å²) in [6.45, 7) is 2.97. The Kier molecular flexibility index (Phi) is 4.04. The third kappa shape index (κ3) is 3.26. The molecule has 1 aliphatic heterocycles. The van der Waals surface area contributed by atoms with Crippen LogP contribution in [0.3, 0.4) is 0 Å². The minimum absolute atomic E-state index is 0.143. The van der Waals surface area contributed by atoms with Gasteiger partial charge in [0.05, 0.1) is 11.1 Å². The Morgan fingerprint density at radius 3 is 1.95 bits per heavy atom. The van der Waals surface area contributed by atoms with Gasteiger partial charge in [-0.1, -0.05) is 0 Å². The number of rotatable bonds is 4. The van der Waals surface area contributed by atoms with Crippen LogP contribution in [0, 0.1) is 0 Å². The topological polar surface area (TPSA) is 116 Å². The van der Waals surface area contributed by atoms with Gasteiger partial charge < -0.3 is 20.8 Å². The number of carbonyl (C=O) groups excluding carboxylic acids is 1. The van der Waals surface area contributed by atoms with E-state index < -0.39 is 11.9 Å². The SMILES string of the molecule is CC(C(=O)Nc1cc(C(=O)O)cc(C(=O)O)c1)=C1CNC1. The number of carboxylic acids is 2. The predicted molar refractivity (Wildman–Crippen MR) is 74.6 cm³/mol. The molecule has 4 N–H and O–H groups in total. The molecule has 1 aromatic carbocycles. The first-order valence-electron chi connectivity index (χ1n) is 6.21. The van der Waals surface area contributed by atoms with E-state index >= 15 is 0 Å². The van der Waals surface area contributed by atoms with E-state index in [0.717, 1.165) is 11.6 Å². The smallest absolute Gasteiger partial charge is 0.335 e. The van der Waals surface area contributed by atoms with Crippen LogP contribution in [-0.4, -0.2) is 41.1 Å². The fourth-order valence-electron chi connectivity index (χ4n) is 1.85. The van der Waals surface area contributed by atoms with Crippen molar-refractivity contribution in [3.63, 3.8) is 0 Å². The highest BCUT2D eigenvalue weighted by Gasteiger charge is 2.17. The molecule has 21 heavy (non-hydrogen) atoms. The maximum atomic E-state index is 12.0. The Balaban J connectivity index is 2.28. The van der Waals surface area contributed by atoms with Crippen LogP contribution in [-0.2, 0) is 4.79 Å². The molecule has 7 nitrogen and oxygen atoms in total. The van der Waals surface area contributed by atoms with E-state index in [1.165, 1.54) is 12.1 Å². The summed E-state index contributed by atoms with van der Waals surface area (Å²) in [6, 6.07) is 3.49. The molecule has 0 bridgehead atoms. The largest absolute Gasteiger partial charge is 0.478 e. The summed E-state index contributed by atoms with van der Waals surface area (Å²) in [6.07, 6.45) is 0. The summed E-state index contributed by atoms with van der Waals surface area (Å²) in [4.78, 5) is 34.0. The molecular formula is C14H14N2O5. The van der Waals surface area contributed by atoms with Gasteiger partial charge in [-0.05, 0) is 30.7 Å². The minimum atomic E-state index is -1.26. The molecule has 1 saturated heterocycles. The van der Waals surface area contributed by atoms with E-state index in [0.29, 0.717) is 18.7 Å². The van der Waals surface area contributed by atoms with Crippen molar-refractivity contribution in [3.05, 3.63) is 40.5 Å². The fraction of sp³-hybridized carbons (Fsp3) is 0.214. The van der Waals surface area contributed by atoms with Crippen molar-refractivity contribution in [2.75, 3.05) is 18.4 Å². The summed E-state index contributed by atoms with van der Waals surface area (Å²) in [5, 5.41) is 23.5. The average Bonchev–Trinajstić information content (AvgIpc) is 2.35. The zero-order valence-corrected chi connectivity index (χ0v) is 11.3. The van der Waals surface area contributed by atoms with E-state index in [1.54, 1.807) is 6.92 Å². The number of anilines is 1. The van der Waals surface area contributed by atoms with E-state index in [2.05, 4.69) is 10.6 Å². The Morgan fingerprint density at radius 2 is 1.57 bits per heavy atom. The molecular weight excluding hydrogens is 276 g/mol. The second-order valence-electron chi connectivity index (χ2n) is 4.70. The summed E-state index contributed by atoms with van der Waals surface area (Å²) >= 11 is 0. The predicted octanol–water partition coefficient (Wildman–Crippen LogP) is 0.941. The lowest BCUT2D eigenvalue weighted by atomic mass is 10.0. The van der Waals surface area contributed by atoms with Gasteiger partial charge in [-0.25, -0.2) is 9.59 Å². The standard InChI is InChI=1S/C14H14N2O5/c1-7(10-5-15-6-10)12(17)16-11-3-8(13(18)19)2-9(4-11)14(20)21/h2-4,15H,5-6H2,1H3,(H,16,17)(H,18,19)(H,20,21). The van der Waals surface area contributed by atoms with Crippen molar-refractivity contribution in [1.29, 1.82) is 0 Å². The van der Waals surface area contributed by atoms with Gasteiger partial charge >= 0.3 is 11.9 Å². The third-order valence-electron chi connectivity index (χ3n) is 3.23. The number of carbonyl (C=O) groups is 3. The molecule has 1 heterocycles. The zero-order valence-electron chi connectivity index (χ0n) is 11.3. The van der Waals surface area contributed by atoms with Crippen molar-refractivity contribution >= 4 is 23.5 Å². The molecule has 110 valence electrons. The molecule has 1 aliphatic rings. The van der Waals surface area contributed by atoms with Crippen molar-refractivity contribution in [1.82, 2.24) is 5.32 Å². The number of nitrogens with one attached hydrogen (secondary N) is 2. The molecule has 7 heteroatoms. The van der Waals surface area contributed by atoms with E-state index in [1.807, 2.05) is 0 Å². The Bertz CT molecular complexity index is 625. The first-order chi connectivity index (χ1) is 9.88. The highest BCUT2D eigenvalue weighted by Crippen LogP contribution is 2.18. The maximum Gasteiger partial charge on any atom is 0.335 e. The van der Waals surface area contributed by atoms with Gasteiger partial charge in [0, 0.05) is 24.4 Å². The molecule has 0 spiro atoms. The molecule has 0 aliphatic carbocycles. The van der Waals surface area contributed by atoms with Crippen LogP contribution >= 0.6 is 0 Å². The monoisotopic (exact) mass is 290 g/mol. The summed E-state index contributed by atoms with van der Waals surface area (Å²) in [5.74, 6) is -2.89. The first kappa shape index (κ1) is 14.7. The minimum Gasteiger partial charge on any atom is -0.478 e. The van der Waals surface area contributed by atoms with Crippen LogP contribution in [0.4, 0.5) is 5.69 Å². The second-order valence-corrected chi connectivity index (χ2v) is 4.70. The van der Waals surface area contributed by atoms with Gasteiger partial charge in [0.15, 0.2) is 0 Å². The highest BCUT2D eigenvalue weighted by atomic mass is 16.4. The molecule has 0 aromatic heterocycles. The number of aromatic carboxylic acids is 2. The molecule has 1 aromatic rings. The van der Waals surface area contributed by atoms with Crippen LogP contribution in [0.25, 0.3) is 0 Å². The van der Waals surface area contributed by atoms with Crippen LogP contribution in [0.1, 0.15) is 27.6 Å². The molecule has 0 unspecified atom stereocenters. The van der Waals surface area contributed by atoms with Crippen molar-refractivity contribution < 1.29 is 24.6 Å². The number of carboxylic acid groups (broad SMARTS) is 2. The molecule has 0 radical (unpaired) electrons. The van der Waals surface area contributed by atoms with Gasteiger partial charge in [0.1, 0.15) is 0 Å². The lowest BCUT2D eigenvalue weighted by Gasteiger charge is -2.21. The summed E-state index contributed by atoms with van der Waals surface area (Å²) in [5.41, 5.74) is 1.28. The first-order valence-corrected chi connectivity index (χ1v) is 6.21. The molecule has 1 amide bonds. The van der Waals surface area contributed by atoms with Crippen LogP contribution in [0.15, 0.2) is 29.3 Å². The highest BCUT2D eigenvalue weighted by molar-refractivity contribution is 6.05. The van der Waals surface area contributed by atoms with E-state index in [-0.39, 0.29) is 22.7 Å². The van der Waals surface area contributed by atoms with Crippen LogP contribution in [0.5, 0.6) is 0 Å². The van der Waals surface area contributed by atoms with Gasteiger partial charge in [-0.15, -0.1) is 0 Å². The van der Waals surface area contributed by atoms with Crippen molar-refractivity contribution in [2.45, 2.75) is 6.92 Å². The van der Waals surface area contributed by atoms with Gasteiger partial charge in [0.25, 0.3) is 5.91 Å². The number of benzene rings is 1. The molecule has 2 rings (SSSR count). The molecule has 1 fully saturated rings. The van der Waals surface area contributed by atoms with Crippen LogP contribution in [0.2, 0.25) is 0 Å². The fourth-order valence-corrected chi connectivity index (χ4v) is 1.85. The quantitative estimate of drug-likeness (QED) is 0.613. The maximum absolute atomic E-state index is 12.0. The van der Waals surface area contributed by atoms with E-state index in [9.17, 15) is 14.4 Å². The Hall–Kier alpha value is -2.67. The summed E-state index contributed by atoms with van der Waals surface area (Å²) in [7, 11) is 0. The lowest BCUT2D eigenvalue weighted by Crippen LogP contribution is -2.36. The number of amides is 1. The van der Waals surface area contributed by atoms with Gasteiger partial charge in [-0.3, -0.25) is 4.79 Å².